The van der Waals surface area contributed by atoms with E-state index in [4.69, 9.17) is 4.74 Å². The number of hydrogen-bond donors (Lipinski definition) is 2. The van der Waals surface area contributed by atoms with E-state index in [0.717, 1.165) is 0 Å². The molecule has 1 fully saturated rings. The number of nitrogens with one attached hydrogen (secondary N) is 2. The molecule has 0 unspecified atom stereocenters. The summed E-state index contributed by atoms with van der Waals surface area (Å²) in [5.41, 5.74) is 0.381. The fourth-order valence-corrected chi connectivity index (χ4v) is 4.68. The van der Waals surface area contributed by atoms with Gasteiger partial charge in [-0.15, -0.1) is 0 Å². The molecule has 0 spiro atoms. The number of benzene rings is 1. The van der Waals surface area contributed by atoms with Gasteiger partial charge in [-0.25, -0.2) is 12.7 Å². The Bertz CT molecular complexity index is 774. The van der Waals surface area contributed by atoms with Crippen molar-refractivity contribution in [3.63, 3.8) is 0 Å². The molecular formula is C19H29N3O5S. The van der Waals surface area contributed by atoms with Gasteiger partial charge in [0.1, 0.15) is 5.75 Å². The summed E-state index contributed by atoms with van der Waals surface area (Å²) in [7, 11) is -3.19. The van der Waals surface area contributed by atoms with E-state index in [-0.39, 0.29) is 30.2 Å². The van der Waals surface area contributed by atoms with Crippen LogP contribution in [0, 0.1) is 0 Å². The van der Waals surface area contributed by atoms with Crippen molar-refractivity contribution >= 4 is 21.8 Å². The van der Waals surface area contributed by atoms with Crippen LogP contribution >= 0.6 is 0 Å². The highest BCUT2D eigenvalue weighted by Crippen LogP contribution is 2.18. The van der Waals surface area contributed by atoms with Crippen LogP contribution in [0.1, 0.15) is 43.5 Å². The Hall–Kier alpha value is -2.13. The average molecular weight is 412 g/mol. The van der Waals surface area contributed by atoms with E-state index in [0.29, 0.717) is 50.3 Å². The van der Waals surface area contributed by atoms with Gasteiger partial charge in [-0.2, -0.15) is 0 Å². The molecule has 1 aliphatic rings. The quantitative estimate of drug-likeness (QED) is 0.634. The molecule has 8 nitrogen and oxygen atoms in total. The van der Waals surface area contributed by atoms with Gasteiger partial charge in [-0.05, 0) is 38.3 Å². The number of amides is 2. The Morgan fingerprint density at radius 3 is 2.50 bits per heavy atom. The largest absolute Gasteiger partial charge is 0.493 e. The summed E-state index contributed by atoms with van der Waals surface area (Å²) in [4.78, 5) is 24.5. The zero-order valence-corrected chi connectivity index (χ0v) is 17.3. The first kappa shape index (κ1) is 22.2. The van der Waals surface area contributed by atoms with E-state index in [1.807, 2.05) is 13.8 Å². The lowest BCUT2D eigenvalue weighted by molar-refractivity contribution is -0.121. The molecule has 0 aromatic heterocycles. The first-order chi connectivity index (χ1) is 13.4. The highest BCUT2D eigenvalue weighted by atomic mass is 32.2. The molecule has 0 aliphatic carbocycles. The van der Waals surface area contributed by atoms with Gasteiger partial charge in [0.2, 0.25) is 15.9 Å². The maximum Gasteiger partial charge on any atom is 0.255 e. The Kier molecular flexibility index (Phi) is 8.25. The van der Waals surface area contributed by atoms with Crippen molar-refractivity contribution < 1.29 is 22.7 Å². The van der Waals surface area contributed by atoms with Crippen molar-refractivity contribution in [2.75, 3.05) is 32.0 Å². The van der Waals surface area contributed by atoms with Crippen molar-refractivity contribution in [1.82, 2.24) is 14.9 Å². The van der Waals surface area contributed by atoms with Gasteiger partial charge in [-0.1, -0.05) is 19.1 Å². The Morgan fingerprint density at radius 2 is 1.86 bits per heavy atom. The lowest BCUT2D eigenvalue weighted by atomic mass is 10.1. The highest BCUT2D eigenvalue weighted by Gasteiger charge is 2.28. The number of piperidine rings is 1. The van der Waals surface area contributed by atoms with Crippen molar-refractivity contribution in [1.29, 1.82) is 0 Å². The van der Waals surface area contributed by atoms with Crippen LogP contribution in [-0.2, 0) is 14.8 Å². The van der Waals surface area contributed by atoms with E-state index in [9.17, 15) is 18.0 Å². The third kappa shape index (κ3) is 6.20. The van der Waals surface area contributed by atoms with Gasteiger partial charge in [0.05, 0.1) is 24.5 Å². The molecular weight excluding hydrogens is 382 g/mol. The van der Waals surface area contributed by atoms with Crippen LogP contribution in [0.5, 0.6) is 5.75 Å². The molecule has 2 N–H and O–H groups in total. The second-order valence-corrected chi connectivity index (χ2v) is 8.76. The van der Waals surface area contributed by atoms with Gasteiger partial charge in [-0.3, -0.25) is 9.59 Å². The van der Waals surface area contributed by atoms with Gasteiger partial charge in [0.25, 0.3) is 5.91 Å². The van der Waals surface area contributed by atoms with E-state index < -0.39 is 10.0 Å². The van der Waals surface area contributed by atoms with E-state index in [1.54, 1.807) is 24.3 Å². The number of carbonyl (C=O) groups is 2. The summed E-state index contributed by atoms with van der Waals surface area (Å²) in [6.07, 6.45) is 1.72. The molecule has 0 bridgehead atoms. The van der Waals surface area contributed by atoms with E-state index in [1.165, 1.54) is 4.31 Å². The first-order valence-electron chi connectivity index (χ1n) is 9.64. The Labute approximate surface area is 166 Å². The number of ether oxygens (including phenoxy) is 1. The summed E-state index contributed by atoms with van der Waals surface area (Å²) in [5.74, 6) is -0.0421. The van der Waals surface area contributed by atoms with Crippen LogP contribution in [0.15, 0.2) is 24.3 Å². The predicted octanol–water partition coefficient (Wildman–Crippen LogP) is 1.14. The third-order valence-corrected chi connectivity index (χ3v) is 6.59. The molecule has 0 saturated carbocycles. The second kappa shape index (κ2) is 10.4. The molecule has 1 aliphatic heterocycles. The molecule has 0 atom stereocenters. The predicted molar refractivity (Wildman–Crippen MR) is 107 cm³/mol. The number of carbonyl (C=O) groups excluding carboxylic acids is 2. The Morgan fingerprint density at radius 1 is 1.18 bits per heavy atom. The number of hydrogen-bond acceptors (Lipinski definition) is 5. The van der Waals surface area contributed by atoms with Crippen molar-refractivity contribution in [3.05, 3.63) is 29.8 Å². The van der Waals surface area contributed by atoms with Gasteiger partial charge in [0, 0.05) is 19.1 Å². The highest BCUT2D eigenvalue weighted by molar-refractivity contribution is 7.89. The van der Waals surface area contributed by atoms with Gasteiger partial charge < -0.3 is 15.4 Å². The minimum atomic E-state index is -3.19. The van der Waals surface area contributed by atoms with Crippen LogP contribution in [0.2, 0.25) is 0 Å². The average Bonchev–Trinajstić information content (AvgIpc) is 2.67. The van der Waals surface area contributed by atoms with Crippen molar-refractivity contribution in [2.45, 2.75) is 39.2 Å². The van der Waals surface area contributed by atoms with Crippen molar-refractivity contribution in [3.8, 4) is 5.75 Å². The summed E-state index contributed by atoms with van der Waals surface area (Å²) in [6, 6.07) is 6.77. The molecule has 2 rings (SSSR count). The normalized spacial score (nSPS) is 15.8. The number of rotatable bonds is 9. The maximum absolute atomic E-state index is 12.3. The second-order valence-electron chi connectivity index (χ2n) is 6.67. The fraction of sp³-hybridized carbons (Fsp3) is 0.579. The molecule has 0 radical (unpaired) electrons. The lowest BCUT2D eigenvalue weighted by Gasteiger charge is -2.31. The summed E-state index contributed by atoms with van der Waals surface area (Å²) < 4.78 is 31.1. The number of sulfonamides is 1. The van der Waals surface area contributed by atoms with Crippen LogP contribution < -0.4 is 15.4 Å². The number of nitrogens with zero attached hydrogens (tertiary/aromatic N) is 1. The van der Waals surface area contributed by atoms with Crippen LogP contribution in [-0.4, -0.2) is 62.6 Å². The molecule has 9 heteroatoms. The van der Waals surface area contributed by atoms with Crippen molar-refractivity contribution in [2.24, 2.45) is 0 Å². The zero-order valence-electron chi connectivity index (χ0n) is 16.4. The van der Waals surface area contributed by atoms with E-state index in [2.05, 4.69) is 10.6 Å². The molecule has 156 valence electrons. The topological polar surface area (TPSA) is 105 Å². The Balaban J connectivity index is 1.79. The van der Waals surface area contributed by atoms with Gasteiger partial charge in [0.15, 0.2) is 0 Å². The summed E-state index contributed by atoms with van der Waals surface area (Å²) in [6.45, 7) is 4.78. The lowest BCUT2D eigenvalue weighted by Crippen LogP contribution is -2.49. The summed E-state index contributed by atoms with van der Waals surface area (Å²) >= 11 is 0. The van der Waals surface area contributed by atoms with Crippen LogP contribution in [0.3, 0.4) is 0 Å². The standard InChI is InChI=1S/C19H29N3O5S/c1-3-13-28(25,26)22-11-9-15(10-12-22)21-18(23)14-20-19(24)16-7-5-6-8-17(16)27-4-2/h5-8,15H,3-4,9-14H2,1-2H3,(H,20,24)(H,21,23). The first-order valence-corrected chi connectivity index (χ1v) is 11.3. The molecule has 1 heterocycles. The fourth-order valence-electron chi connectivity index (χ4n) is 3.14. The molecule has 2 amide bonds. The number of para-hydroxylation sites is 1. The monoisotopic (exact) mass is 411 g/mol. The van der Waals surface area contributed by atoms with Gasteiger partial charge >= 0.3 is 0 Å². The minimum absolute atomic E-state index is 0.0896. The molecule has 1 saturated heterocycles. The zero-order chi connectivity index (χ0) is 20.6. The third-order valence-electron chi connectivity index (χ3n) is 4.52. The molecule has 28 heavy (non-hydrogen) atoms. The molecule has 1 aromatic rings. The summed E-state index contributed by atoms with van der Waals surface area (Å²) in [5, 5.41) is 5.46. The minimum Gasteiger partial charge on any atom is -0.493 e. The maximum atomic E-state index is 12.3. The van der Waals surface area contributed by atoms with Crippen LogP contribution in [0.25, 0.3) is 0 Å². The SMILES string of the molecule is CCCS(=O)(=O)N1CCC(NC(=O)CNC(=O)c2ccccc2OCC)CC1. The van der Waals surface area contributed by atoms with E-state index >= 15 is 0 Å². The molecule has 1 aromatic carbocycles. The smallest absolute Gasteiger partial charge is 0.255 e. The van der Waals surface area contributed by atoms with Crippen LogP contribution in [0.4, 0.5) is 0 Å².